The fourth-order valence-corrected chi connectivity index (χ4v) is 2.44. The average Bonchev–Trinajstić information content (AvgIpc) is 2.38. The molecule has 0 aliphatic heterocycles. The Labute approximate surface area is 121 Å². The number of aromatic nitrogens is 1. The molecule has 0 spiro atoms. The van der Waals surface area contributed by atoms with Crippen molar-refractivity contribution in [3.63, 3.8) is 0 Å². The van der Waals surface area contributed by atoms with Crippen molar-refractivity contribution in [2.75, 3.05) is 6.54 Å². The van der Waals surface area contributed by atoms with Crippen LogP contribution in [-0.2, 0) is 0 Å². The molecule has 0 bridgehead atoms. The van der Waals surface area contributed by atoms with Gasteiger partial charge in [0.2, 0.25) is 0 Å². The molecule has 0 saturated carbocycles. The highest BCUT2D eigenvalue weighted by Crippen LogP contribution is 2.27. The normalized spacial score (nSPS) is 12.4. The van der Waals surface area contributed by atoms with Gasteiger partial charge in [-0.05, 0) is 42.8 Å². The number of rotatable bonds is 4. The number of hydrogen-bond acceptors (Lipinski definition) is 2. The maximum Gasteiger partial charge on any atom is 0.129 e. The minimum Gasteiger partial charge on any atom is -0.306 e. The van der Waals surface area contributed by atoms with E-state index in [1.165, 1.54) is 6.07 Å². The Balaban J connectivity index is 2.48. The Bertz CT molecular complexity index is 572. The molecule has 0 fully saturated rings. The van der Waals surface area contributed by atoms with Crippen molar-refractivity contribution in [1.82, 2.24) is 10.3 Å². The van der Waals surface area contributed by atoms with Crippen LogP contribution in [-0.4, -0.2) is 11.5 Å². The molecule has 0 saturated heterocycles. The van der Waals surface area contributed by atoms with E-state index in [2.05, 4.69) is 26.2 Å². The lowest BCUT2D eigenvalue weighted by Crippen LogP contribution is -2.24. The van der Waals surface area contributed by atoms with Crippen molar-refractivity contribution in [3.8, 4) is 0 Å². The highest BCUT2D eigenvalue weighted by Gasteiger charge is 2.18. The summed E-state index contributed by atoms with van der Waals surface area (Å²) in [6.07, 6.45) is 3.55. The zero-order chi connectivity index (χ0) is 13.8. The first-order chi connectivity index (χ1) is 9.13. The maximum absolute atomic E-state index is 14.2. The number of aryl methyl sites for hydroxylation is 1. The van der Waals surface area contributed by atoms with Gasteiger partial charge in [-0.1, -0.05) is 28.9 Å². The largest absolute Gasteiger partial charge is 0.306 e. The Morgan fingerprint density at radius 2 is 2.11 bits per heavy atom. The summed E-state index contributed by atoms with van der Waals surface area (Å²) in [4.78, 5) is 4.15. The van der Waals surface area contributed by atoms with Gasteiger partial charge in [0.05, 0.1) is 6.04 Å². The van der Waals surface area contributed by atoms with Crippen molar-refractivity contribution in [2.24, 2.45) is 0 Å². The zero-order valence-electron chi connectivity index (χ0n) is 11.0. The highest BCUT2D eigenvalue weighted by atomic mass is 79.9. The third kappa shape index (κ3) is 3.19. The van der Waals surface area contributed by atoms with E-state index >= 15 is 0 Å². The van der Waals surface area contributed by atoms with Gasteiger partial charge >= 0.3 is 0 Å². The van der Waals surface area contributed by atoms with E-state index < -0.39 is 0 Å². The van der Waals surface area contributed by atoms with E-state index in [1.54, 1.807) is 18.5 Å². The van der Waals surface area contributed by atoms with E-state index in [-0.39, 0.29) is 11.9 Å². The molecule has 1 heterocycles. The maximum atomic E-state index is 14.2. The SMILES string of the molecule is CCNC(c1cnccc1C)c1ccc(Br)cc1F. The topological polar surface area (TPSA) is 24.9 Å². The second-order valence-corrected chi connectivity index (χ2v) is 5.30. The van der Waals surface area contributed by atoms with Gasteiger partial charge in [-0.3, -0.25) is 4.98 Å². The summed E-state index contributed by atoms with van der Waals surface area (Å²) < 4.78 is 14.9. The third-order valence-corrected chi connectivity index (χ3v) is 3.57. The molecule has 2 rings (SSSR count). The van der Waals surface area contributed by atoms with Crippen LogP contribution in [0.25, 0.3) is 0 Å². The zero-order valence-corrected chi connectivity index (χ0v) is 12.5. The van der Waals surface area contributed by atoms with E-state index in [4.69, 9.17) is 0 Å². The molecular weight excluding hydrogens is 307 g/mol. The predicted molar refractivity (Wildman–Crippen MR) is 78.6 cm³/mol. The first-order valence-electron chi connectivity index (χ1n) is 6.22. The van der Waals surface area contributed by atoms with Crippen molar-refractivity contribution >= 4 is 15.9 Å². The molecule has 1 atom stereocenters. The van der Waals surface area contributed by atoms with Gasteiger partial charge in [-0.15, -0.1) is 0 Å². The number of halogens is 2. The van der Waals surface area contributed by atoms with Crippen LogP contribution in [0, 0.1) is 12.7 Å². The number of benzene rings is 1. The minimum atomic E-state index is -0.219. The minimum absolute atomic E-state index is 0.174. The molecule has 0 aliphatic rings. The Morgan fingerprint density at radius 3 is 2.74 bits per heavy atom. The molecule has 1 unspecified atom stereocenters. The van der Waals surface area contributed by atoms with Crippen LogP contribution < -0.4 is 5.32 Å². The summed E-state index contributed by atoms with van der Waals surface area (Å²) in [5, 5.41) is 3.32. The molecule has 0 radical (unpaired) electrons. The van der Waals surface area contributed by atoms with Crippen LogP contribution in [0.4, 0.5) is 4.39 Å². The van der Waals surface area contributed by atoms with E-state index in [0.717, 1.165) is 22.1 Å². The number of hydrogen-bond donors (Lipinski definition) is 1. The Morgan fingerprint density at radius 1 is 1.32 bits per heavy atom. The number of pyridine rings is 1. The van der Waals surface area contributed by atoms with Crippen molar-refractivity contribution in [1.29, 1.82) is 0 Å². The van der Waals surface area contributed by atoms with Crippen LogP contribution in [0.3, 0.4) is 0 Å². The third-order valence-electron chi connectivity index (χ3n) is 3.07. The van der Waals surface area contributed by atoms with Crippen LogP contribution in [0.1, 0.15) is 29.7 Å². The first-order valence-corrected chi connectivity index (χ1v) is 7.01. The van der Waals surface area contributed by atoms with Gasteiger partial charge in [-0.2, -0.15) is 0 Å². The fraction of sp³-hybridized carbons (Fsp3) is 0.267. The summed E-state index contributed by atoms with van der Waals surface area (Å²) >= 11 is 3.28. The van der Waals surface area contributed by atoms with Crippen molar-refractivity contribution in [2.45, 2.75) is 19.9 Å². The van der Waals surface area contributed by atoms with Gasteiger partial charge in [0.25, 0.3) is 0 Å². The molecule has 19 heavy (non-hydrogen) atoms. The van der Waals surface area contributed by atoms with Crippen molar-refractivity contribution < 1.29 is 4.39 Å². The Kier molecular flexibility index (Phi) is 4.66. The molecule has 2 aromatic rings. The molecule has 1 N–H and O–H groups in total. The van der Waals surface area contributed by atoms with E-state index in [9.17, 15) is 4.39 Å². The summed E-state index contributed by atoms with van der Waals surface area (Å²) in [5.41, 5.74) is 2.75. The summed E-state index contributed by atoms with van der Waals surface area (Å²) in [6, 6.07) is 6.92. The smallest absolute Gasteiger partial charge is 0.129 e. The second kappa shape index (κ2) is 6.26. The summed E-state index contributed by atoms with van der Waals surface area (Å²) in [5.74, 6) is -0.219. The molecule has 1 aromatic heterocycles. The van der Waals surface area contributed by atoms with E-state index in [0.29, 0.717) is 5.56 Å². The molecule has 2 nitrogen and oxygen atoms in total. The van der Waals surface area contributed by atoms with Crippen LogP contribution >= 0.6 is 15.9 Å². The monoisotopic (exact) mass is 322 g/mol. The second-order valence-electron chi connectivity index (χ2n) is 4.39. The highest BCUT2D eigenvalue weighted by molar-refractivity contribution is 9.10. The van der Waals surface area contributed by atoms with Crippen molar-refractivity contribution in [3.05, 3.63) is 63.6 Å². The number of nitrogens with one attached hydrogen (secondary N) is 1. The van der Waals surface area contributed by atoms with Gasteiger partial charge in [0.1, 0.15) is 5.82 Å². The lowest BCUT2D eigenvalue weighted by atomic mass is 9.96. The average molecular weight is 323 g/mol. The fourth-order valence-electron chi connectivity index (χ4n) is 2.11. The molecular formula is C15H16BrFN2. The standard InChI is InChI=1S/C15H16BrFN2/c1-3-19-15(13-9-18-7-6-10(13)2)12-5-4-11(16)8-14(12)17/h4-9,15,19H,3H2,1-2H3. The van der Waals surface area contributed by atoms with Gasteiger partial charge in [0.15, 0.2) is 0 Å². The Hall–Kier alpha value is -1.26. The molecule has 100 valence electrons. The van der Waals surface area contributed by atoms with Crippen LogP contribution in [0.5, 0.6) is 0 Å². The molecule has 4 heteroatoms. The van der Waals surface area contributed by atoms with Crippen LogP contribution in [0.2, 0.25) is 0 Å². The summed E-state index contributed by atoms with van der Waals surface area (Å²) in [7, 11) is 0. The molecule has 1 aromatic carbocycles. The summed E-state index contributed by atoms with van der Waals surface area (Å²) in [6.45, 7) is 4.78. The first kappa shape index (κ1) is 14.2. The van der Waals surface area contributed by atoms with Gasteiger partial charge in [0, 0.05) is 22.4 Å². The molecule has 0 amide bonds. The lowest BCUT2D eigenvalue weighted by Gasteiger charge is -2.21. The quantitative estimate of drug-likeness (QED) is 0.920. The lowest BCUT2D eigenvalue weighted by molar-refractivity contribution is 0.556. The van der Waals surface area contributed by atoms with E-state index in [1.807, 2.05) is 26.0 Å². The predicted octanol–water partition coefficient (Wildman–Crippen LogP) is 3.99. The number of nitrogens with zero attached hydrogens (tertiary/aromatic N) is 1. The van der Waals surface area contributed by atoms with Crippen LogP contribution in [0.15, 0.2) is 41.1 Å². The van der Waals surface area contributed by atoms with Gasteiger partial charge in [-0.25, -0.2) is 4.39 Å². The molecule has 0 aliphatic carbocycles. The van der Waals surface area contributed by atoms with Gasteiger partial charge < -0.3 is 5.32 Å².